The van der Waals surface area contributed by atoms with Crippen LogP contribution in [-0.2, 0) is 6.61 Å². The van der Waals surface area contributed by atoms with Crippen molar-refractivity contribution in [1.29, 1.82) is 0 Å². The van der Waals surface area contributed by atoms with Crippen LogP contribution < -0.4 is 0 Å². The number of aliphatic hydroxyl groups excluding tert-OH is 2. The molecule has 0 aromatic carbocycles. The molecule has 1 aromatic heterocycles. The molecule has 4 heteroatoms. The third kappa shape index (κ3) is 2.06. The second-order valence-corrected chi connectivity index (χ2v) is 3.18. The summed E-state index contributed by atoms with van der Waals surface area (Å²) in [6.45, 7) is 3.18. The fourth-order valence-corrected chi connectivity index (χ4v) is 1.26. The zero-order valence-corrected chi connectivity index (χ0v) is 7.87. The quantitative estimate of drug-likeness (QED) is 0.762. The summed E-state index contributed by atoms with van der Waals surface area (Å²) >= 11 is 3.22. The highest BCUT2D eigenvalue weighted by atomic mass is 79.9. The zero-order chi connectivity index (χ0) is 9.14. The maximum atomic E-state index is 9.01. The first-order chi connectivity index (χ1) is 5.63. The van der Waals surface area contributed by atoms with Crippen LogP contribution in [0.25, 0.3) is 5.76 Å². The van der Waals surface area contributed by atoms with Gasteiger partial charge in [-0.25, -0.2) is 4.98 Å². The van der Waals surface area contributed by atoms with E-state index in [1.165, 1.54) is 0 Å². The summed E-state index contributed by atoms with van der Waals surface area (Å²) in [5.41, 5.74) is 0.864. The van der Waals surface area contributed by atoms with Crippen molar-refractivity contribution in [3.8, 4) is 0 Å². The minimum absolute atomic E-state index is 0.106. The third-order valence-electron chi connectivity index (χ3n) is 1.30. The second-order valence-electron chi connectivity index (χ2n) is 2.27. The van der Waals surface area contributed by atoms with Crippen LogP contribution in [0.1, 0.15) is 11.4 Å². The number of hydrogen-bond donors (Lipinski definition) is 2. The number of nitrogens with zero attached hydrogens (tertiary/aromatic N) is 1. The Morgan fingerprint density at radius 2 is 2.25 bits per heavy atom. The molecule has 12 heavy (non-hydrogen) atoms. The van der Waals surface area contributed by atoms with E-state index in [4.69, 9.17) is 10.2 Å². The molecule has 0 aliphatic heterocycles. The lowest BCUT2D eigenvalue weighted by atomic mass is 10.3. The monoisotopic (exact) mass is 229 g/mol. The van der Waals surface area contributed by atoms with Gasteiger partial charge in [0.1, 0.15) is 11.5 Å². The summed E-state index contributed by atoms with van der Waals surface area (Å²) in [7, 11) is 0. The Labute approximate surface area is 78.5 Å². The van der Waals surface area contributed by atoms with E-state index >= 15 is 0 Å². The van der Waals surface area contributed by atoms with Crippen LogP contribution >= 0.6 is 15.9 Å². The maximum Gasteiger partial charge on any atom is 0.134 e. The Balaban J connectivity index is 3.15. The Hall–Kier alpha value is -0.870. The highest BCUT2D eigenvalue weighted by Crippen LogP contribution is 2.16. The summed E-state index contributed by atoms with van der Waals surface area (Å²) < 4.78 is 0.756. The van der Waals surface area contributed by atoms with Gasteiger partial charge in [-0.05, 0) is 12.1 Å². The number of halogens is 1. The normalized spacial score (nSPS) is 9.83. The molecule has 0 unspecified atom stereocenters. The maximum absolute atomic E-state index is 9.01. The minimum Gasteiger partial charge on any atom is -0.506 e. The van der Waals surface area contributed by atoms with Crippen molar-refractivity contribution < 1.29 is 10.2 Å². The molecule has 0 bridgehead atoms. The van der Waals surface area contributed by atoms with Crippen LogP contribution in [-0.4, -0.2) is 15.2 Å². The van der Waals surface area contributed by atoms with Gasteiger partial charge in [-0.2, -0.15) is 0 Å². The summed E-state index contributed by atoms with van der Waals surface area (Å²) in [4.78, 5) is 3.92. The molecule has 0 aliphatic rings. The Kier molecular flexibility index (Phi) is 2.83. The first-order valence-electron chi connectivity index (χ1n) is 3.29. The summed E-state index contributed by atoms with van der Waals surface area (Å²) in [6, 6.07) is 3.30. The first-order valence-corrected chi connectivity index (χ1v) is 4.08. The fraction of sp³-hybridized carbons (Fsp3) is 0.125. The lowest BCUT2D eigenvalue weighted by Crippen LogP contribution is -1.94. The Morgan fingerprint density at radius 1 is 1.58 bits per heavy atom. The topological polar surface area (TPSA) is 53.4 Å². The molecule has 0 saturated carbocycles. The minimum atomic E-state index is -0.153. The van der Waals surface area contributed by atoms with Crippen molar-refractivity contribution in [1.82, 2.24) is 4.98 Å². The van der Waals surface area contributed by atoms with Crippen LogP contribution in [0.4, 0.5) is 0 Å². The van der Waals surface area contributed by atoms with E-state index < -0.39 is 0 Å². The van der Waals surface area contributed by atoms with E-state index in [2.05, 4.69) is 27.5 Å². The molecule has 1 rings (SSSR count). The average Bonchev–Trinajstić information content (AvgIpc) is 2.03. The highest BCUT2D eigenvalue weighted by Gasteiger charge is 2.02. The molecule has 0 amide bonds. The van der Waals surface area contributed by atoms with Crippen LogP contribution in [0.3, 0.4) is 0 Å². The van der Waals surface area contributed by atoms with Crippen LogP contribution in [0.5, 0.6) is 0 Å². The van der Waals surface area contributed by atoms with E-state index in [0.717, 1.165) is 4.47 Å². The molecule has 0 atom stereocenters. The first kappa shape index (κ1) is 9.22. The molecule has 1 heterocycles. The number of pyridine rings is 1. The van der Waals surface area contributed by atoms with Crippen molar-refractivity contribution in [2.75, 3.05) is 0 Å². The zero-order valence-electron chi connectivity index (χ0n) is 6.29. The molecule has 0 saturated heterocycles. The lowest BCUT2D eigenvalue weighted by molar-refractivity contribution is 0.276. The predicted octanol–water partition coefficient (Wildman–Crippen LogP) is 1.87. The summed E-state index contributed by atoms with van der Waals surface area (Å²) in [6.07, 6.45) is 0. The van der Waals surface area contributed by atoms with Gasteiger partial charge >= 0.3 is 0 Å². The molecule has 2 N–H and O–H groups in total. The van der Waals surface area contributed by atoms with Crippen molar-refractivity contribution in [3.63, 3.8) is 0 Å². The highest BCUT2D eigenvalue weighted by molar-refractivity contribution is 9.10. The summed E-state index contributed by atoms with van der Waals surface area (Å²) in [5, 5.41) is 17.8. The van der Waals surface area contributed by atoms with Gasteiger partial charge in [0.2, 0.25) is 0 Å². The van der Waals surface area contributed by atoms with E-state index in [-0.39, 0.29) is 12.4 Å². The standard InChI is InChI=1S/C8H8BrNO2/c1-5(12)8-3-6(9)2-7(4-11)10-8/h2-3,11-12H,1,4H2. The van der Waals surface area contributed by atoms with Crippen LogP contribution in [0.2, 0.25) is 0 Å². The van der Waals surface area contributed by atoms with Crippen molar-refractivity contribution >= 4 is 21.7 Å². The molecular formula is C8H8BrNO2. The SMILES string of the molecule is C=C(O)c1cc(Br)cc(CO)n1. The lowest BCUT2D eigenvalue weighted by Gasteiger charge is -2.01. The molecule has 0 spiro atoms. The molecule has 0 aliphatic carbocycles. The van der Waals surface area contributed by atoms with Gasteiger partial charge < -0.3 is 10.2 Å². The van der Waals surface area contributed by atoms with Crippen molar-refractivity contribution in [2.45, 2.75) is 6.61 Å². The van der Waals surface area contributed by atoms with Crippen LogP contribution in [0, 0.1) is 0 Å². The fourth-order valence-electron chi connectivity index (χ4n) is 0.780. The molecule has 0 radical (unpaired) electrons. The molecular weight excluding hydrogens is 222 g/mol. The molecule has 0 fully saturated rings. The molecule has 64 valence electrons. The van der Waals surface area contributed by atoms with E-state index in [0.29, 0.717) is 11.4 Å². The van der Waals surface area contributed by atoms with Gasteiger partial charge in [-0.3, -0.25) is 0 Å². The third-order valence-corrected chi connectivity index (χ3v) is 1.76. The van der Waals surface area contributed by atoms with Crippen molar-refractivity contribution in [2.24, 2.45) is 0 Å². The number of hydrogen-bond acceptors (Lipinski definition) is 3. The van der Waals surface area contributed by atoms with E-state index in [1.807, 2.05) is 0 Å². The van der Waals surface area contributed by atoms with E-state index in [1.54, 1.807) is 12.1 Å². The van der Waals surface area contributed by atoms with Gasteiger partial charge in [0.25, 0.3) is 0 Å². The van der Waals surface area contributed by atoms with Gasteiger partial charge in [0.05, 0.1) is 12.3 Å². The Morgan fingerprint density at radius 3 is 2.75 bits per heavy atom. The van der Waals surface area contributed by atoms with Gasteiger partial charge in [-0.1, -0.05) is 22.5 Å². The number of aliphatic hydroxyl groups is 2. The largest absolute Gasteiger partial charge is 0.506 e. The smallest absolute Gasteiger partial charge is 0.134 e. The molecule has 3 nitrogen and oxygen atoms in total. The molecule has 1 aromatic rings. The van der Waals surface area contributed by atoms with Gasteiger partial charge in [0, 0.05) is 4.47 Å². The number of rotatable bonds is 2. The number of aromatic nitrogens is 1. The average molecular weight is 230 g/mol. The second kappa shape index (κ2) is 3.69. The van der Waals surface area contributed by atoms with Crippen LogP contribution in [0.15, 0.2) is 23.2 Å². The van der Waals surface area contributed by atoms with E-state index in [9.17, 15) is 0 Å². The predicted molar refractivity (Wildman–Crippen MR) is 49.5 cm³/mol. The Bertz CT molecular complexity index is 312. The van der Waals surface area contributed by atoms with Gasteiger partial charge in [0.15, 0.2) is 0 Å². The summed E-state index contributed by atoms with van der Waals surface area (Å²) in [5.74, 6) is -0.106. The van der Waals surface area contributed by atoms with Gasteiger partial charge in [-0.15, -0.1) is 0 Å². The van der Waals surface area contributed by atoms with Crippen molar-refractivity contribution in [3.05, 3.63) is 34.6 Å².